The van der Waals surface area contributed by atoms with Crippen LogP contribution in [-0.2, 0) is 0 Å². The number of hydrogen-bond donors (Lipinski definition) is 1. The maximum atomic E-state index is 5.79. The Kier molecular flexibility index (Phi) is 4.02. The third-order valence-corrected chi connectivity index (χ3v) is 3.39. The van der Waals surface area contributed by atoms with Crippen LogP contribution in [0.4, 0.5) is 5.82 Å². The van der Waals surface area contributed by atoms with Crippen LogP contribution in [0.25, 0.3) is 0 Å². The van der Waals surface area contributed by atoms with Gasteiger partial charge in [0.05, 0.1) is 5.02 Å². The molecule has 88 valence electrons. The van der Waals surface area contributed by atoms with Crippen molar-refractivity contribution in [2.75, 3.05) is 25.5 Å². The van der Waals surface area contributed by atoms with Crippen LogP contribution in [-0.4, -0.2) is 36.1 Å². The summed E-state index contributed by atoms with van der Waals surface area (Å²) in [6.45, 7) is 2.17. The maximum absolute atomic E-state index is 5.79. The standard InChI is InChI=1S/C12H18ClN3/c1-16-7-3-2-4-11(16)9-15-12-6-5-10(13)8-14-12/h5-6,8,11H,2-4,7,9H2,1H3,(H,14,15). The molecule has 1 fully saturated rings. The average molecular weight is 240 g/mol. The lowest BCUT2D eigenvalue weighted by Crippen LogP contribution is -2.40. The van der Waals surface area contributed by atoms with E-state index in [0.29, 0.717) is 11.1 Å². The highest BCUT2D eigenvalue weighted by Crippen LogP contribution is 2.16. The predicted molar refractivity (Wildman–Crippen MR) is 68.0 cm³/mol. The van der Waals surface area contributed by atoms with Gasteiger partial charge in [-0.15, -0.1) is 0 Å². The second-order valence-electron chi connectivity index (χ2n) is 4.37. The van der Waals surface area contributed by atoms with Gasteiger partial charge in [0.2, 0.25) is 0 Å². The number of piperidine rings is 1. The zero-order chi connectivity index (χ0) is 11.4. The summed E-state index contributed by atoms with van der Waals surface area (Å²) in [4.78, 5) is 6.65. The molecule has 0 aromatic carbocycles. The van der Waals surface area contributed by atoms with Gasteiger partial charge in [-0.25, -0.2) is 4.98 Å². The summed E-state index contributed by atoms with van der Waals surface area (Å²) >= 11 is 5.79. The summed E-state index contributed by atoms with van der Waals surface area (Å²) in [5, 5.41) is 4.04. The number of pyridine rings is 1. The molecule has 1 aromatic heterocycles. The molecule has 3 nitrogen and oxygen atoms in total. The summed E-state index contributed by atoms with van der Waals surface area (Å²) in [6, 6.07) is 4.42. The van der Waals surface area contributed by atoms with Gasteiger partial charge in [0.15, 0.2) is 0 Å². The van der Waals surface area contributed by atoms with E-state index in [1.54, 1.807) is 6.20 Å². The Morgan fingerprint density at radius 2 is 2.38 bits per heavy atom. The first kappa shape index (κ1) is 11.7. The molecule has 0 bridgehead atoms. The van der Waals surface area contributed by atoms with Gasteiger partial charge in [-0.05, 0) is 38.6 Å². The molecule has 0 spiro atoms. The van der Waals surface area contributed by atoms with Gasteiger partial charge in [0.25, 0.3) is 0 Å². The maximum Gasteiger partial charge on any atom is 0.126 e. The molecule has 4 heteroatoms. The number of nitrogens with zero attached hydrogens (tertiary/aromatic N) is 2. The van der Waals surface area contributed by atoms with Crippen molar-refractivity contribution in [1.29, 1.82) is 0 Å². The molecule has 1 aliphatic heterocycles. The topological polar surface area (TPSA) is 28.2 Å². The van der Waals surface area contributed by atoms with Crippen LogP contribution < -0.4 is 5.32 Å². The SMILES string of the molecule is CN1CCCCC1CNc1ccc(Cl)cn1. The van der Waals surface area contributed by atoms with Crippen molar-refractivity contribution >= 4 is 17.4 Å². The smallest absolute Gasteiger partial charge is 0.126 e. The number of nitrogens with one attached hydrogen (secondary N) is 1. The van der Waals surface area contributed by atoms with Gasteiger partial charge in [-0.2, -0.15) is 0 Å². The number of halogens is 1. The van der Waals surface area contributed by atoms with Crippen molar-refractivity contribution in [2.45, 2.75) is 25.3 Å². The number of likely N-dealkylation sites (N-methyl/N-ethyl adjacent to an activating group) is 1. The molecular weight excluding hydrogens is 222 g/mol. The molecule has 1 aromatic rings. The predicted octanol–water partition coefficient (Wildman–Crippen LogP) is 2.63. The van der Waals surface area contributed by atoms with Gasteiger partial charge in [-0.1, -0.05) is 18.0 Å². The fourth-order valence-electron chi connectivity index (χ4n) is 2.10. The molecule has 1 saturated heterocycles. The number of likely N-dealkylation sites (tertiary alicyclic amines) is 1. The van der Waals surface area contributed by atoms with Crippen molar-refractivity contribution in [1.82, 2.24) is 9.88 Å². The van der Waals surface area contributed by atoms with Gasteiger partial charge in [0, 0.05) is 18.8 Å². The van der Waals surface area contributed by atoms with E-state index < -0.39 is 0 Å². The highest BCUT2D eigenvalue weighted by atomic mass is 35.5. The van der Waals surface area contributed by atoms with Gasteiger partial charge < -0.3 is 10.2 Å². The fraction of sp³-hybridized carbons (Fsp3) is 0.583. The van der Waals surface area contributed by atoms with Crippen LogP contribution in [0.1, 0.15) is 19.3 Å². The van der Waals surface area contributed by atoms with Gasteiger partial charge in [-0.3, -0.25) is 0 Å². The molecule has 0 amide bonds. The highest BCUT2D eigenvalue weighted by molar-refractivity contribution is 6.30. The summed E-state index contributed by atoms with van der Waals surface area (Å²) in [7, 11) is 2.20. The monoisotopic (exact) mass is 239 g/mol. The van der Waals surface area contributed by atoms with E-state index in [9.17, 15) is 0 Å². The minimum Gasteiger partial charge on any atom is -0.369 e. The first-order valence-electron chi connectivity index (χ1n) is 5.81. The molecule has 1 aliphatic rings. The van der Waals surface area contributed by atoms with Crippen molar-refractivity contribution in [3.8, 4) is 0 Å². The second kappa shape index (κ2) is 5.51. The van der Waals surface area contributed by atoms with Crippen molar-refractivity contribution in [3.05, 3.63) is 23.4 Å². The minimum atomic E-state index is 0.631. The van der Waals surface area contributed by atoms with E-state index in [4.69, 9.17) is 11.6 Å². The molecule has 1 N–H and O–H groups in total. The van der Waals surface area contributed by atoms with E-state index in [0.717, 1.165) is 12.4 Å². The largest absolute Gasteiger partial charge is 0.369 e. The molecule has 16 heavy (non-hydrogen) atoms. The Labute approximate surface area is 102 Å². The third-order valence-electron chi connectivity index (χ3n) is 3.17. The molecule has 1 atom stereocenters. The zero-order valence-corrected chi connectivity index (χ0v) is 10.4. The number of aromatic nitrogens is 1. The first-order valence-corrected chi connectivity index (χ1v) is 6.19. The van der Waals surface area contributed by atoms with Crippen LogP contribution in [0.15, 0.2) is 18.3 Å². The van der Waals surface area contributed by atoms with Crippen LogP contribution in [0.5, 0.6) is 0 Å². The van der Waals surface area contributed by atoms with Crippen molar-refractivity contribution in [2.24, 2.45) is 0 Å². The van der Waals surface area contributed by atoms with E-state index in [1.165, 1.54) is 25.8 Å². The Hall–Kier alpha value is -0.800. The number of rotatable bonds is 3. The molecule has 2 rings (SSSR count). The summed E-state index contributed by atoms with van der Waals surface area (Å²) in [6.07, 6.45) is 5.61. The summed E-state index contributed by atoms with van der Waals surface area (Å²) in [5.74, 6) is 0.906. The first-order chi connectivity index (χ1) is 7.75. The molecule has 0 radical (unpaired) electrons. The van der Waals surface area contributed by atoms with E-state index >= 15 is 0 Å². The van der Waals surface area contributed by atoms with Gasteiger partial charge >= 0.3 is 0 Å². The Balaban J connectivity index is 1.84. The molecule has 0 saturated carbocycles. The van der Waals surface area contributed by atoms with Crippen molar-refractivity contribution < 1.29 is 0 Å². The lowest BCUT2D eigenvalue weighted by Gasteiger charge is -2.32. The number of hydrogen-bond acceptors (Lipinski definition) is 3. The van der Waals surface area contributed by atoms with Gasteiger partial charge in [0.1, 0.15) is 5.82 Å². The Bertz CT molecular complexity index is 326. The average Bonchev–Trinajstić information content (AvgIpc) is 2.30. The van der Waals surface area contributed by atoms with E-state index in [1.807, 2.05) is 12.1 Å². The highest BCUT2D eigenvalue weighted by Gasteiger charge is 2.18. The second-order valence-corrected chi connectivity index (χ2v) is 4.81. The van der Waals surface area contributed by atoms with E-state index in [-0.39, 0.29) is 0 Å². The quantitative estimate of drug-likeness (QED) is 0.879. The molecular formula is C12H18ClN3. The Morgan fingerprint density at radius 3 is 3.06 bits per heavy atom. The minimum absolute atomic E-state index is 0.631. The van der Waals surface area contributed by atoms with Crippen LogP contribution >= 0.6 is 11.6 Å². The van der Waals surface area contributed by atoms with Crippen LogP contribution in [0, 0.1) is 0 Å². The molecule has 0 aliphatic carbocycles. The third kappa shape index (κ3) is 3.09. The molecule has 2 heterocycles. The lowest BCUT2D eigenvalue weighted by molar-refractivity contribution is 0.194. The summed E-state index contributed by atoms with van der Waals surface area (Å²) in [5.41, 5.74) is 0. The van der Waals surface area contributed by atoms with Crippen LogP contribution in [0.3, 0.4) is 0 Å². The fourth-order valence-corrected chi connectivity index (χ4v) is 2.22. The normalized spacial score (nSPS) is 22.0. The zero-order valence-electron chi connectivity index (χ0n) is 9.62. The van der Waals surface area contributed by atoms with Crippen molar-refractivity contribution in [3.63, 3.8) is 0 Å². The summed E-state index contributed by atoms with van der Waals surface area (Å²) < 4.78 is 0. The van der Waals surface area contributed by atoms with Crippen LogP contribution in [0.2, 0.25) is 5.02 Å². The lowest BCUT2D eigenvalue weighted by atomic mass is 10.0. The Morgan fingerprint density at radius 1 is 1.50 bits per heavy atom. The molecule has 1 unspecified atom stereocenters. The van der Waals surface area contributed by atoms with E-state index in [2.05, 4.69) is 22.2 Å². The number of anilines is 1.